The molecule has 7 heteroatoms. The highest BCUT2D eigenvalue weighted by molar-refractivity contribution is 5.94. The van der Waals surface area contributed by atoms with Crippen LogP contribution >= 0.6 is 0 Å². The minimum Gasteiger partial charge on any atom is -0.472 e. The second-order valence-corrected chi connectivity index (χ2v) is 7.27. The van der Waals surface area contributed by atoms with Gasteiger partial charge >= 0.3 is 0 Å². The first-order valence-corrected chi connectivity index (χ1v) is 10.6. The van der Waals surface area contributed by atoms with Gasteiger partial charge in [-0.25, -0.2) is 0 Å². The average molecular weight is 394 g/mol. The monoisotopic (exact) mass is 393 g/mol. The minimum absolute atomic E-state index is 0.000490. The normalized spacial score (nSPS) is 14.8. The fourth-order valence-electron chi connectivity index (χ4n) is 3.29. The summed E-state index contributed by atoms with van der Waals surface area (Å²) in [5, 5.41) is 2.97. The van der Waals surface area contributed by atoms with E-state index in [0.717, 1.165) is 65.0 Å². The Hall–Kier alpha value is -1.86. The molecule has 7 nitrogen and oxygen atoms in total. The third-order valence-electron chi connectivity index (χ3n) is 5.02. The number of carbonyl (C=O) groups excluding carboxylic acids is 2. The highest BCUT2D eigenvalue weighted by atomic mass is 16.5. The van der Waals surface area contributed by atoms with E-state index >= 15 is 0 Å². The summed E-state index contributed by atoms with van der Waals surface area (Å²) in [4.78, 5) is 28.9. The largest absolute Gasteiger partial charge is 0.472 e. The highest BCUT2D eigenvalue weighted by Crippen LogP contribution is 2.09. The summed E-state index contributed by atoms with van der Waals surface area (Å²) in [6.07, 6.45) is 8.60. The standard InChI is InChI=1S/C21H35N3O4/c1-2-3-4-5-11-24(21(26)19-8-15-28-18-19)12-7-20(25)22-9-6-10-23-13-16-27-17-14-23/h8,15,18H,2-7,9-14,16-17H2,1H3,(H,22,25). The summed E-state index contributed by atoms with van der Waals surface area (Å²) in [6, 6.07) is 1.67. The van der Waals surface area contributed by atoms with Crippen molar-refractivity contribution in [3.8, 4) is 0 Å². The van der Waals surface area contributed by atoms with Gasteiger partial charge in [0.2, 0.25) is 5.91 Å². The van der Waals surface area contributed by atoms with Crippen molar-refractivity contribution in [1.29, 1.82) is 0 Å². The number of rotatable bonds is 13. The van der Waals surface area contributed by atoms with Crippen LogP contribution in [0.3, 0.4) is 0 Å². The van der Waals surface area contributed by atoms with Crippen LogP contribution in [0.2, 0.25) is 0 Å². The van der Waals surface area contributed by atoms with E-state index in [1.54, 1.807) is 11.0 Å². The summed E-state index contributed by atoms with van der Waals surface area (Å²) in [7, 11) is 0. The fraction of sp³-hybridized carbons (Fsp3) is 0.714. The zero-order valence-electron chi connectivity index (χ0n) is 17.2. The Balaban J connectivity index is 1.68. The van der Waals surface area contributed by atoms with Gasteiger partial charge in [0.05, 0.1) is 25.0 Å². The molecule has 2 rings (SSSR count). The molecule has 0 unspecified atom stereocenters. The number of hydrogen-bond acceptors (Lipinski definition) is 5. The molecule has 1 aromatic heterocycles. The molecule has 0 saturated carbocycles. The van der Waals surface area contributed by atoms with Crippen LogP contribution in [0.15, 0.2) is 23.0 Å². The highest BCUT2D eigenvalue weighted by Gasteiger charge is 2.17. The molecule has 0 radical (unpaired) electrons. The summed E-state index contributed by atoms with van der Waals surface area (Å²) in [5.41, 5.74) is 0.543. The smallest absolute Gasteiger partial charge is 0.257 e. The summed E-state index contributed by atoms with van der Waals surface area (Å²) >= 11 is 0. The molecule has 1 saturated heterocycles. The third-order valence-corrected chi connectivity index (χ3v) is 5.02. The molecular formula is C21H35N3O4. The number of unbranched alkanes of at least 4 members (excludes halogenated alkanes) is 3. The van der Waals surface area contributed by atoms with Crippen LogP contribution in [0.4, 0.5) is 0 Å². The van der Waals surface area contributed by atoms with E-state index in [2.05, 4.69) is 17.1 Å². The van der Waals surface area contributed by atoms with E-state index in [4.69, 9.17) is 9.15 Å². The van der Waals surface area contributed by atoms with Gasteiger partial charge in [0, 0.05) is 39.1 Å². The fourth-order valence-corrected chi connectivity index (χ4v) is 3.29. The lowest BCUT2D eigenvalue weighted by atomic mass is 10.2. The number of nitrogens with one attached hydrogen (secondary N) is 1. The Morgan fingerprint density at radius 2 is 1.96 bits per heavy atom. The van der Waals surface area contributed by atoms with Crippen molar-refractivity contribution in [2.24, 2.45) is 0 Å². The second kappa shape index (κ2) is 13.3. The number of nitrogens with zero attached hydrogens (tertiary/aromatic N) is 2. The Morgan fingerprint density at radius 1 is 1.14 bits per heavy atom. The average Bonchev–Trinajstić information content (AvgIpc) is 3.26. The Morgan fingerprint density at radius 3 is 2.68 bits per heavy atom. The molecule has 0 bridgehead atoms. The van der Waals surface area contributed by atoms with Crippen LogP contribution in [0.1, 0.15) is 55.8 Å². The van der Waals surface area contributed by atoms with Crippen LogP contribution in [-0.2, 0) is 9.53 Å². The van der Waals surface area contributed by atoms with Crippen LogP contribution in [0.5, 0.6) is 0 Å². The maximum Gasteiger partial charge on any atom is 0.257 e. The number of ether oxygens (including phenoxy) is 1. The van der Waals surface area contributed by atoms with Gasteiger partial charge < -0.3 is 19.4 Å². The first kappa shape index (κ1) is 22.4. The zero-order valence-corrected chi connectivity index (χ0v) is 17.2. The summed E-state index contributed by atoms with van der Waals surface area (Å²) < 4.78 is 10.4. The molecule has 0 aromatic carbocycles. The number of furan rings is 1. The van der Waals surface area contributed by atoms with Crippen molar-refractivity contribution in [3.05, 3.63) is 24.2 Å². The molecule has 2 amide bonds. The summed E-state index contributed by atoms with van der Waals surface area (Å²) in [6.45, 7) is 8.45. The molecule has 1 fully saturated rings. The van der Waals surface area contributed by atoms with E-state index in [9.17, 15) is 9.59 Å². The van der Waals surface area contributed by atoms with Gasteiger partial charge in [-0.2, -0.15) is 0 Å². The molecule has 0 spiro atoms. The first-order chi connectivity index (χ1) is 13.7. The van der Waals surface area contributed by atoms with Gasteiger partial charge in [0.1, 0.15) is 6.26 Å². The molecular weight excluding hydrogens is 358 g/mol. The van der Waals surface area contributed by atoms with Crippen LogP contribution in [0.25, 0.3) is 0 Å². The van der Waals surface area contributed by atoms with Gasteiger partial charge in [0.15, 0.2) is 0 Å². The van der Waals surface area contributed by atoms with E-state index in [0.29, 0.717) is 31.6 Å². The third kappa shape index (κ3) is 8.44. The Kier molecular flexibility index (Phi) is 10.7. The molecule has 0 atom stereocenters. The quantitative estimate of drug-likeness (QED) is 0.521. The SMILES string of the molecule is CCCCCCN(CCC(=O)NCCCN1CCOCC1)C(=O)c1ccoc1. The van der Waals surface area contributed by atoms with Crippen LogP contribution in [-0.4, -0.2) is 74.1 Å². The van der Waals surface area contributed by atoms with Crippen LogP contribution in [0, 0.1) is 0 Å². The number of carbonyl (C=O) groups is 2. The van der Waals surface area contributed by atoms with Gasteiger partial charge in [-0.3, -0.25) is 14.5 Å². The van der Waals surface area contributed by atoms with Crippen molar-refractivity contribution >= 4 is 11.8 Å². The molecule has 158 valence electrons. The van der Waals surface area contributed by atoms with E-state index in [1.807, 2.05) is 0 Å². The number of morpholine rings is 1. The molecule has 1 N–H and O–H groups in total. The predicted molar refractivity (Wildman–Crippen MR) is 108 cm³/mol. The Bertz CT molecular complexity index is 556. The first-order valence-electron chi connectivity index (χ1n) is 10.6. The van der Waals surface area contributed by atoms with Gasteiger partial charge in [-0.05, 0) is 25.5 Å². The second-order valence-electron chi connectivity index (χ2n) is 7.27. The maximum atomic E-state index is 12.6. The van der Waals surface area contributed by atoms with E-state index in [1.165, 1.54) is 12.5 Å². The number of amides is 2. The lowest BCUT2D eigenvalue weighted by Gasteiger charge is -2.26. The lowest BCUT2D eigenvalue weighted by molar-refractivity contribution is -0.121. The predicted octanol–water partition coefficient (Wildman–Crippen LogP) is 2.53. The van der Waals surface area contributed by atoms with Crippen molar-refractivity contribution in [3.63, 3.8) is 0 Å². The van der Waals surface area contributed by atoms with E-state index < -0.39 is 0 Å². The maximum absolute atomic E-state index is 12.6. The molecule has 1 aliphatic rings. The van der Waals surface area contributed by atoms with Crippen molar-refractivity contribution in [1.82, 2.24) is 15.1 Å². The number of hydrogen-bond donors (Lipinski definition) is 1. The zero-order chi connectivity index (χ0) is 20.0. The molecule has 28 heavy (non-hydrogen) atoms. The molecule has 2 heterocycles. The summed E-state index contributed by atoms with van der Waals surface area (Å²) in [5.74, 6) is -0.0640. The van der Waals surface area contributed by atoms with E-state index in [-0.39, 0.29) is 11.8 Å². The Labute approximate surface area is 168 Å². The van der Waals surface area contributed by atoms with Gasteiger partial charge in [0.25, 0.3) is 5.91 Å². The van der Waals surface area contributed by atoms with Gasteiger partial charge in [-0.1, -0.05) is 26.2 Å². The van der Waals surface area contributed by atoms with Crippen molar-refractivity contribution in [2.75, 3.05) is 52.5 Å². The van der Waals surface area contributed by atoms with Crippen molar-refractivity contribution < 1.29 is 18.7 Å². The molecule has 1 aliphatic heterocycles. The molecule has 0 aliphatic carbocycles. The minimum atomic E-state index is -0.0645. The topological polar surface area (TPSA) is 75.0 Å². The molecule has 1 aromatic rings. The van der Waals surface area contributed by atoms with Crippen molar-refractivity contribution in [2.45, 2.75) is 45.4 Å². The van der Waals surface area contributed by atoms with Gasteiger partial charge in [-0.15, -0.1) is 0 Å². The van der Waals surface area contributed by atoms with Crippen LogP contribution < -0.4 is 5.32 Å². The lowest BCUT2D eigenvalue weighted by Crippen LogP contribution is -2.38.